The molecular weight excluding hydrogens is 407 g/mol. The van der Waals surface area contributed by atoms with Crippen LogP contribution in [-0.2, 0) is 24.5 Å². The van der Waals surface area contributed by atoms with Crippen LogP contribution in [0.3, 0.4) is 0 Å². The molecule has 0 heterocycles. The van der Waals surface area contributed by atoms with E-state index in [1.165, 1.54) is 0 Å². The molecule has 0 amide bonds. The number of carbonyl (C=O) groups excluding carboxylic acids is 1. The summed E-state index contributed by atoms with van der Waals surface area (Å²) in [5.74, 6) is -1.37. The van der Waals surface area contributed by atoms with Gasteiger partial charge in [0.1, 0.15) is 0 Å². The Balaban J connectivity index is 1.80. The summed E-state index contributed by atoms with van der Waals surface area (Å²) in [6, 6.07) is 0. The molecule has 4 rings (SSSR count). The normalized spacial score (nSPS) is 34.4. The second-order valence-corrected chi connectivity index (χ2v) is 12.2. The quantitative estimate of drug-likeness (QED) is 0.612. The maximum absolute atomic E-state index is 14.2. The van der Waals surface area contributed by atoms with Gasteiger partial charge in [0.15, 0.2) is 5.08 Å². The SMILES string of the molecule is O=C(CC12CC3CC(CC1C3)C2)C(F)(F)S(=O)(=O)CS(=O)(=O)C(F)(F)F. The van der Waals surface area contributed by atoms with Crippen molar-refractivity contribution in [2.45, 2.75) is 49.3 Å². The zero-order valence-corrected chi connectivity index (χ0v) is 15.1. The molecule has 4 aliphatic rings. The number of halogens is 5. The van der Waals surface area contributed by atoms with Gasteiger partial charge in [0.25, 0.3) is 9.84 Å². The van der Waals surface area contributed by atoms with E-state index in [0.717, 1.165) is 19.3 Å². The molecule has 4 aliphatic carbocycles. The van der Waals surface area contributed by atoms with E-state index < -0.39 is 53.1 Å². The molecular formula is C14H17F5O5S2. The van der Waals surface area contributed by atoms with Crippen LogP contribution in [0.25, 0.3) is 0 Å². The number of alkyl halides is 5. The van der Waals surface area contributed by atoms with Crippen LogP contribution >= 0.6 is 0 Å². The highest BCUT2D eigenvalue weighted by molar-refractivity contribution is 8.09. The first-order valence-electron chi connectivity index (χ1n) is 8.02. The molecule has 2 atom stereocenters. The Hall–Kier alpha value is -0.780. The van der Waals surface area contributed by atoms with Crippen molar-refractivity contribution in [3.8, 4) is 0 Å². The zero-order chi connectivity index (χ0) is 19.8. The third-order valence-corrected chi connectivity index (χ3v) is 10.2. The first kappa shape index (κ1) is 20.0. The minimum absolute atomic E-state index is 0.0348. The lowest BCUT2D eigenvalue weighted by Gasteiger charge is -2.33. The Labute approximate surface area is 147 Å². The van der Waals surface area contributed by atoms with Gasteiger partial charge in [0.2, 0.25) is 15.6 Å². The van der Waals surface area contributed by atoms with E-state index in [9.17, 15) is 43.6 Å². The maximum Gasteiger partial charge on any atom is 0.498 e. The lowest BCUT2D eigenvalue weighted by atomic mass is 9.72. The standard InChI is InChI=1S/C14H17F5O5S2/c15-13(16,25(21,22)7-26(23,24)14(17,18)19)11(20)6-12-4-8-1-9(5-12)3-10(12)2-8/h8-10H,1-7H2. The molecule has 2 unspecified atom stereocenters. The van der Waals surface area contributed by atoms with Crippen molar-refractivity contribution in [1.82, 2.24) is 0 Å². The third kappa shape index (κ3) is 2.96. The molecule has 0 N–H and O–H groups in total. The van der Waals surface area contributed by atoms with E-state index in [1.54, 1.807) is 0 Å². The fraction of sp³-hybridized carbons (Fsp3) is 0.929. The van der Waals surface area contributed by atoms with Crippen LogP contribution in [0.5, 0.6) is 0 Å². The fourth-order valence-corrected chi connectivity index (χ4v) is 8.37. The Morgan fingerprint density at radius 3 is 1.85 bits per heavy atom. The van der Waals surface area contributed by atoms with Gasteiger partial charge in [0, 0.05) is 6.42 Å². The number of ketones is 1. The fourth-order valence-electron chi connectivity index (χ4n) is 5.19. The van der Waals surface area contributed by atoms with Crippen molar-refractivity contribution in [2.75, 3.05) is 5.08 Å². The summed E-state index contributed by atoms with van der Waals surface area (Å²) >= 11 is 0. The average Bonchev–Trinajstić information content (AvgIpc) is 2.80. The second kappa shape index (κ2) is 5.62. The number of hydrogen-bond donors (Lipinski definition) is 0. The van der Waals surface area contributed by atoms with Crippen molar-refractivity contribution in [2.24, 2.45) is 23.2 Å². The Morgan fingerprint density at radius 1 is 0.885 bits per heavy atom. The topological polar surface area (TPSA) is 85.3 Å². The molecule has 4 saturated carbocycles. The van der Waals surface area contributed by atoms with Gasteiger partial charge in [-0.2, -0.15) is 22.0 Å². The molecule has 4 bridgehead atoms. The van der Waals surface area contributed by atoms with E-state index in [0.29, 0.717) is 24.7 Å². The number of rotatable bonds is 6. The third-order valence-electron chi connectivity index (χ3n) is 6.05. The molecule has 0 saturated heterocycles. The predicted octanol–water partition coefficient (Wildman–Crippen LogP) is 2.67. The van der Waals surface area contributed by atoms with Crippen molar-refractivity contribution < 1.29 is 43.6 Å². The summed E-state index contributed by atoms with van der Waals surface area (Å²) in [5, 5.41) is -8.01. The van der Waals surface area contributed by atoms with E-state index in [4.69, 9.17) is 0 Å². The van der Waals surface area contributed by atoms with Gasteiger partial charge in [-0.05, 0) is 55.3 Å². The lowest BCUT2D eigenvalue weighted by Crippen LogP contribution is -2.45. The summed E-state index contributed by atoms with van der Waals surface area (Å²) in [4.78, 5) is 12.1. The number of carbonyl (C=O) groups is 1. The van der Waals surface area contributed by atoms with Crippen molar-refractivity contribution in [1.29, 1.82) is 0 Å². The number of sulfone groups is 2. The van der Waals surface area contributed by atoms with Crippen molar-refractivity contribution >= 4 is 25.5 Å². The van der Waals surface area contributed by atoms with Gasteiger partial charge < -0.3 is 0 Å². The molecule has 0 aromatic rings. The summed E-state index contributed by atoms with van der Waals surface area (Å²) in [6.45, 7) is 0. The number of hydrogen-bond acceptors (Lipinski definition) is 5. The first-order chi connectivity index (χ1) is 11.6. The molecule has 0 aromatic carbocycles. The summed E-state index contributed by atoms with van der Waals surface area (Å²) in [6.07, 6.45) is 2.82. The van der Waals surface area contributed by atoms with Crippen LogP contribution in [0.4, 0.5) is 22.0 Å². The minimum Gasteiger partial charge on any atom is -0.292 e. The molecule has 5 nitrogen and oxygen atoms in total. The molecule has 12 heteroatoms. The van der Waals surface area contributed by atoms with E-state index in [2.05, 4.69) is 0 Å². The average molecular weight is 424 g/mol. The van der Waals surface area contributed by atoms with Gasteiger partial charge in [-0.25, -0.2) is 16.8 Å². The van der Waals surface area contributed by atoms with Crippen LogP contribution in [0, 0.1) is 23.2 Å². The molecule has 0 aromatic heterocycles. The van der Waals surface area contributed by atoms with Crippen LogP contribution in [0.1, 0.15) is 38.5 Å². The van der Waals surface area contributed by atoms with Gasteiger partial charge in [-0.3, -0.25) is 4.79 Å². The maximum atomic E-state index is 14.2. The van der Waals surface area contributed by atoms with Crippen LogP contribution in [0.2, 0.25) is 0 Å². The second-order valence-electron chi connectivity index (χ2n) is 7.82. The Kier molecular flexibility index (Phi) is 4.31. The van der Waals surface area contributed by atoms with Gasteiger partial charge in [0.05, 0.1) is 0 Å². The highest BCUT2D eigenvalue weighted by Gasteiger charge is 2.63. The molecule has 4 fully saturated rings. The summed E-state index contributed by atoms with van der Waals surface area (Å²) < 4.78 is 110. The summed E-state index contributed by atoms with van der Waals surface area (Å²) in [7, 11) is -12.5. The van der Waals surface area contributed by atoms with E-state index in [-0.39, 0.29) is 5.92 Å². The predicted molar refractivity (Wildman–Crippen MR) is 79.3 cm³/mol. The largest absolute Gasteiger partial charge is 0.498 e. The molecule has 0 radical (unpaired) electrons. The smallest absolute Gasteiger partial charge is 0.292 e. The van der Waals surface area contributed by atoms with Crippen molar-refractivity contribution in [3.63, 3.8) is 0 Å². The lowest BCUT2D eigenvalue weighted by molar-refractivity contribution is -0.136. The molecule has 26 heavy (non-hydrogen) atoms. The monoisotopic (exact) mass is 424 g/mol. The first-order valence-corrected chi connectivity index (χ1v) is 11.3. The van der Waals surface area contributed by atoms with Gasteiger partial charge >= 0.3 is 10.8 Å². The van der Waals surface area contributed by atoms with E-state index in [1.807, 2.05) is 0 Å². The Morgan fingerprint density at radius 2 is 1.38 bits per heavy atom. The van der Waals surface area contributed by atoms with Crippen molar-refractivity contribution in [3.05, 3.63) is 0 Å². The van der Waals surface area contributed by atoms with Crippen LogP contribution in [-0.4, -0.2) is 38.5 Å². The molecule has 0 spiro atoms. The molecule has 150 valence electrons. The van der Waals surface area contributed by atoms with E-state index >= 15 is 0 Å². The van der Waals surface area contributed by atoms with Gasteiger partial charge in [-0.15, -0.1) is 0 Å². The minimum atomic E-state index is -6.34. The molecule has 0 aliphatic heterocycles. The van der Waals surface area contributed by atoms with Crippen LogP contribution < -0.4 is 0 Å². The van der Waals surface area contributed by atoms with Gasteiger partial charge in [-0.1, -0.05) is 0 Å². The number of Topliss-reactive ketones (excluding diaryl/α,β-unsaturated/α-hetero) is 1. The zero-order valence-electron chi connectivity index (χ0n) is 13.4. The Bertz CT molecular complexity index is 816. The highest BCUT2D eigenvalue weighted by atomic mass is 32.3. The van der Waals surface area contributed by atoms with Crippen LogP contribution in [0.15, 0.2) is 0 Å². The highest BCUT2D eigenvalue weighted by Crippen LogP contribution is 2.67. The summed E-state index contributed by atoms with van der Waals surface area (Å²) in [5.41, 5.74) is -6.73.